The molecule has 0 spiro atoms. The van der Waals surface area contributed by atoms with E-state index < -0.39 is 10.0 Å². The molecule has 0 fully saturated rings. The van der Waals surface area contributed by atoms with Crippen molar-refractivity contribution in [3.63, 3.8) is 0 Å². The molecule has 0 saturated heterocycles. The van der Waals surface area contributed by atoms with E-state index in [1.165, 1.54) is 12.4 Å². The van der Waals surface area contributed by atoms with Crippen LogP contribution in [0.1, 0.15) is 0 Å². The van der Waals surface area contributed by atoms with Gasteiger partial charge in [-0.15, -0.1) is 0 Å². The average Bonchev–Trinajstić information content (AvgIpc) is 2.37. The molecule has 1 aromatic carbocycles. The Balaban J connectivity index is 2.13. The normalized spacial score (nSPS) is 16.6. The second-order valence-corrected chi connectivity index (χ2v) is 5.52. The summed E-state index contributed by atoms with van der Waals surface area (Å²) in [7, 11) is -3.53. The first kappa shape index (κ1) is 13.0. The van der Waals surface area contributed by atoms with E-state index >= 15 is 0 Å². The van der Waals surface area contributed by atoms with Crippen molar-refractivity contribution in [1.82, 2.24) is 4.31 Å². The molecule has 0 bridgehead atoms. The zero-order valence-electron chi connectivity index (χ0n) is 9.69. The summed E-state index contributed by atoms with van der Waals surface area (Å²) < 4.78 is 30.6. The largest absolute Gasteiger partial charge is 0.394 e. The molecule has 0 unspecified atom stereocenters. The van der Waals surface area contributed by atoms with E-state index in [-0.39, 0.29) is 31.3 Å². The van der Waals surface area contributed by atoms with Crippen molar-refractivity contribution < 1.29 is 18.3 Å². The summed E-state index contributed by atoms with van der Waals surface area (Å²) in [5, 5.41) is 8.55. The highest BCUT2D eigenvalue weighted by Gasteiger charge is 2.27. The summed E-state index contributed by atoms with van der Waals surface area (Å²) in [5.74, 6) is 0. The van der Waals surface area contributed by atoms with Crippen LogP contribution in [0.15, 0.2) is 34.2 Å². The number of fused-ring (bicyclic) bond motifs is 1. The van der Waals surface area contributed by atoms with Gasteiger partial charge < -0.3 is 9.84 Å². The molecule has 1 aliphatic heterocycles. The van der Waals surface area contributed by atoms with Crippen molar-refractivity contribution in [3.8, 4) is 0 Å². The van der Waals surface area contributed by atoms with E-state index in [9.17, 15) is 8.42 Å². The molecule has 0 saturated carbocycles. The number of rotatable bonds is 5. The Morgan fingerprint density at radius 1 is 1.28 bits per heavy atom. The van der Waals surface area contributed by atoms with Gasteiger partial charge in [0.2, 0.25) is 0 Å². The quantitative estimate of drug-likeness (QED) is 0.783. The van der Waals surface area contributed by atoms with E-state index in [2.05, 4.69) is 4.99 Å². The first-order chi connectivity index (χ1) is 8.66. The van der Waals surface area contributed by atoms with Crippen LogP contribution < -0.4 is 0 Å². The summed E-state index contributed by atoms with van der Waals surface area (Å²) in [6.45, 7) is 0.513. The van der Waals surface area contributed by atoms with Crippen LogP contribution >= 0.6 is 0 Å². The first-order valence-electron chi connectivity index (χ1n) is 5.50. The lowest BCUT2D eigenvalue weighted by atomic mass is 10.3. The van der Waals surface area contributed by atoms with Gasteiger partial charge in [0.15, 0.2) is 0 Å². The fourth-order valence-electron chi connectivity index (χ4n) is 1.60. The van der Waals surface area contributed by atoms with Crippen LogP contribution in [0.2, 0.25) is 0 Å². The molecule has 1 heterocycles. The fourth-order valence-corrected chi connectivity index (χ4v) is 2.97. The summed E-state index contributed by atoms with van der Waals surface area (Å²) in [6.07, 6.45) is 1.29. The Labute approximate surface area is 106 Å². The van der Waals surface area contributed by atoms with E-state index in [1.807, 2.05) is 0 Å². The van der Waals surface area contributed by atoms with Crippen LogP contribution in [-0.4, -0.2) is 50.5 Å². The number of sulfonamides is 1. The number of para-hydroxylation sites is 1. The number of hydrogen-bond acceptors (Lipinski definition) is 5. The Kier molecular flexibility index (Phi) is 3.95. The van der Waals surface area contributed by atoms with Gasteiger partial charge in [0.25, 0.3) is 10.0 Å². The third-order valence-electron chi connectivity index (χ3n) is 2.47. The minimum Gasteiger partial charge on any atom is -0.394 e. The molecule has 0 radical (unpaired) electrons. The highest BCUT2D eigenvalue weighted by molar-refractivity contribution is 7.89. The zero-order valence-corrected chi connectivity index (χ0v) is 10.5. The van der Waals surface area contributed by atoms with Crippen molar-refractivity contribution in [2.24, 2.45) is 4.99 Å². The van der Waals surface area contributed by atoms with E-state index in [0.29, 0.717) is 5.69 Å². The van der Waals surface area contributed by atoms with Crippen molar-refractivity contribution in [3.05, 3.63) is 24.3 Å². The lowest BCUT2D eigenvalue weighted by Crippen LogP contribution is -2.34. The van der Waals surface area contributed by atoms with Crippen LogP contribution in [0.25, 0.3) is 0 Å². The molecule has 0 amide bonds. The zero-order chi connectivity index (χ0) is 13.0. The third-order valence-corrected chi connectivity index (χ3v) is 4.26. The molecule has 7 heteroatoms. The standard InChI is InChI=1S/C11H14N2O4S/c14-6-8-17-7-5-13-9-12-10-3-1-2-4-11(10)18(13,15)16/h1-4,9,14H,5-8H2. The first-order valence-corrected chi connectivity index (χ1v) is 6.94. The summed E-state index contributed by atoms with van der Waals surface area (Å²) >= 11 is 0. The minimum atomic E-state index is -3.53. The highest BCUT2D eigenvalue weighted by atomic mass is 32.2. The second-order valence-electron chi connectivity index (χ2n) is 3.66. The van der Waals surface area contributed by atoms with E-state index in [0.717, 1.165) is 4.31 Å². The smallest absolute Gasteiger partial charge is 0.267 e. The van der Waals surface area contributed by atoms with Gasteiger partial charge in [-0.25, -0.2) is 13.4 Å². The number of ether oxygens (including phenoxy) is 1. The molecule has 0 aliphatic carbocycles. The van der Waals surface area contributed by atoms with Gasteiger partial charge in [0.1, 0.15) is 11.2 Å². The second kappa shape index (κ2) is 5.47. The van der Waals surface area contributed by atoms with Gasteiger partial charge in [-0.1, -0.05) is 12.1 Å². The number of aliphatic hydroxyl groups is 1. The molecule has 2 rings (SSSR count). The van der Waals surface area contributed by atoms with Crippen molar-refractivity contribution in [2.75, 3.05) is 26.4 Å². The van der Waals surface area contributed by atoms with Crippen LogP contribution in [0.5, 0.6) is 0 Å². The van der Waals surface area contributed by atoms with Crippen LogP contribution in [-0.2, 0) is 14.8 Å². The lowest BCUT2D eigenvalue weighted by Gasteiger charge is -2.23. The number of benzene rings is 1. The molecule has 1 N–H and O–H groups in total. The Hall–Kier alpha value is -1.44. The molecule has 1 aliphatic rings. The maximum atomic E-state index is 12.2. The van der Waals surface area contributed by atoms with Gasteiger partial charge in [-0.2, -0.15) is 0 Å². The van der Waals surface area contributed by atoms with Gasteiger partial charge in [-0.3, -0.25) is 4.31 Å². The number of aliphatic imine (C=N–C) groups is 1. The van der Waals surface area contributed by atoms with E-state index in [4.69, 9.17) is 9.84 Å². The number of nitrogens with zero attached hydrogens (tertiary/aromatic N) is 2. The summed E-state index contributed by atoms with van der Waals surface area (Å²) in [4.78, 5) is 4.29. The molecule has 0 aromatic heterocycles. The molecule has 6 nitrogen and oxygen atoms in total. The predicted molar refractivity (Wildman–Crippen MR) is 66.4 cm³/mol. The Morgan fingerprint density at radius 2 is 2.06 bits per heavy atom. The SMILES string of the molecule is O=S1(=O)c2ccccc2N=CN1CCOCCO. The average molecular weight is 270 g/mol. The molecule has 1 aromatic rings. The fraction of sp³-hybridized carbons (Fsp3) is 0.364. The van der Waals surface area contributed by atoms with Crippen LogP contribution in [0, 0.1) is 0 Å². The minimum absolute atomic E-state index is 0.0797. The van der Waals surface area contributed by atoms with Crippen molar-refractivity contribution in [1.29, 1.82) is 0 Å². The van der Waals surface area contributed by atoms with Gasteiger partial charge in [-0.05, 0) is 12.1 Å². The monoisotopic (exact) mass is 270 g/mol. The third kappa shape index (κ3) is 2.53. The maximum absolute atomic E-state index is 12.2. The molecular weight excluding hydrogens is 256 g/mol. The molecule has 0 atom stereocenters. The Bertz CT molecular complexity index is 542. The van der Waals surface area contributed by atoms with Crippen molar-refractivity contribution in [2.45, 2.75) is 4.90 Å². The number of hydrogen-bond donors (Lipinski definition) is 1. The lowest BCUT2D eigenvalue weighted by molar-refractivity contribution is 0.0906. The highest BCUT2D eigenvalue weighted by Crippen LogP contribution is 2.29. The predicted octanol–water partition coefficient (Wildman–Crippen LogP) is 0.360. The van der Waals surface area contributed by atoms with Gasteiger partial charge >= 0.3 is 0 Å². The van der Waals surface area contributed by atoms with Gasteiger partial charge in [0.05, 0.1) is 32.1 Å². The van der Waals surface area contributed by atoms with Crippen LogP contribution in [0.4, 0.5) is 5.69 Å². The van der Waals surface area contributed by atoms with Crippen LogP contribution in [0.3, 0.4) is 0 Å². The molecule has 18 heavy (non-hydrogen) atoms. The molecular formula is C11H14N2O4S. The van der Waals surface area contributed by atoms with E-state index in [1.54, 1.807) is 18.2 Å². The van der Waals surface area contributed by atoms with Gasteiger partial charge in [0, 0.05) is 0 Å². The summed E-state index contributed by atoms with van der Waals surface area (Å²) in [5.41, 5.74) is 0.449. The van der Waals surface area contributed by atoms with Crippen molar-refractivity contribution >= 4 is 22.0 Å². The Morgan fingerprint density at radius 3 is 2.83 bits per heavy atom. The topological polar surface area (TPSA) is 79.2 Å². The molecule has 98 valence electrons. The number of aliphatic hydroxyl groups excluding tert-OH is 1. The summed E-state index contributed by atoms with van der Waals surface area (Å²) in [6, 6.07) is 6.59. The maximum Gasteiger partial charge on any atom is 0.267 e.